The molecule has 7 heteroatoms. The Morgan fingerprint density at radius 2 is 2.10 bits per heavy atom. The molecule has 104 valence electrons. The van der Waals surface area contributed by atoms with Crippen molar-refractivity contribution in [2.45, 2.75) is 13.8 Å². The van der Waals surface area contributed by atoms with E-state index in [0.717, 1.165) is 5.69 Å². The van der Waals surface area contributed by atoms with Gasteiger partial charge in [0.2, 0.25) is 0 Å². The number of aromatic nitrogens is 3. The maximum atomic E-state index is 12.1. The standard InChI is InChI=1S/C13H14N4O3/c1-7-6-10(11(15-7)13(19)20-3)17-12(18)9-4-5-14-8(2)16-9/h4-6,15H,1-3H3,(H,17,18). The molecule has 0 atom stereocenters. The van der Waals surface area contributed by atoms with E-state index < -0.39 is 11.9 Å². The predicted molar refractivity (Wildman–Crippen MR) is 71.6 cm³/mol. The number of carbonyl (C=O) groups excluding carboxylic acids is 2. The molecule has 0 saturated carbocycles. The van der Waals surface area contributed by atoms with Gasteiger partial charge in [0.25, 0.3) is 5.91 Å². The molecule has 2 N–H and O–H groups in total. The summed E-state index contributed by atoms with van der Waals surface area (Å²) in [5.41, 5.74) is 1.52. The van der Waals surface area contributed by atoms with Crippen LogP contribution in [0.5, 0.6) is 0 Å². The third-order valence-electron chi connectivity index (χ3n) is 2.60. The molecule has 0 aliphatic carbocycles. The highest BCUT2D eigenvalue weighted by molar-refractivity contribution is 6.06. The number of nitrogens with one attached hydrogen (secondary N) is 2. The van der Waals surface area contributed by atoms with Crippen LogP contribution in [0, 0.1) is 13.8 Å². The van der Waals surface area contributed by atoms with Gasteiger partial charge in [-0.05, 0) is 26.0 Å². The summed E-state index contributed by atoms with van der Waals surface area (Å²) < 4.78 is 4.65. The molecule has 20 heavy (non-hydrogen) atoms. The smallest absolute Gasteiger partial charge is 0.356 e. The fraction of sp³-hybridized carbons (Fsp3) is 0.231. The van der Waals surface area contributed by atoms with E-state index in [0.29, 0.717) is 11.5 Å². The molecule has 0 radical (unpaired) electrons. The number of anilines is 1. The summed E-state index contributed by atoms with van der Waals surface area (Å²) in [6.45, 7) is 3.47. The maximum absolute atomic E-state index is 12.1. The zero-order valence-electron chi connectivity index (χ0n) is 11.4. The second kappa shape index (κ2) is 5.52. The van der Waals surface area contributed by atoms with Crippen molar-refractivity contribution in [3.8, 4) is 0 Å². The largest absolute Gasteiger partial charge is 0.464 e. The topological polar surface area (TPSA) is 97.0 Å². The number of amides is 1. The van der Waals surface area contributed by atoms with Crippen molar-refractivity contribution in [3.63, 3.8) is 0 Å². The lowest BCUT2D eigenvalue weighted by Gasteiger charge is -2.05. The molecule has 2 aromatic heterocycles. The second-order valence-electron chi connectivity index (χ2n) is 4.18. The average molecular weight is 274 g/mol. The van der Waals surface area contributed by atoms with Crippen LogP contribution in [0.3, 0.4) is 0 Å². The van der Waals surface area contributed by atoms with E-state index in [9.17, 15) is 9.59 Å². The van der Waals surface area contributed by atoms with Crippen molar-refractivity contribution < 1.29 is 14.3 Å². The van der Waals surface area contributed by atoms with Gasteiger partial charge in [-0.15, -0.1) is 0 Å². The van der Waals surface area contributed by atoms with E-state index in [4.69, 9.17) is 0 Å². The van der Waals surface area contributed by atoms with Gasteiger partial charge in [-0.1, -0.05) is 0 Å². The third-order valence-corrected chi connectivity index (χ3v) is 2.60. The van der Waals surface area contributed by atoms with E-state index >= 15 is 0 Å². The Kier molecular flexibility index (Phi) is 3.79. The summed E-state index contributed by atoms with van der Waals surface area (Å²) in [5, 5.41) is 2.63. The third kappa shape index (κ3) is 2.82. The van der Waals surface area contributed by atoms with Gasteiger partial charge in [0, 0.05) is 11.9 Å². The summed E-state index contributed by atoms with van der Waals surface area (Å²) in [5.74, 6) is -0.469. The first kappa shape index (κ1) is 13.7. The highest BCUT2D eigenvalue weighted by Gasteiger charge is 2.18. The van der Waals surface area contributed by atoms with E-state index in [1.165, 1.54) is 19.4 Å². The highest BCUT2D eigenvalue weighted by Crippen LogP contribution is 2.18. The molecule has 0 fully saturated rings. The first-order valence-corrected chi connectivity index (χ1v) is 5.90. The number of rotatable bonds is 3. The van der Waals surface area contributed by atoms with Crippen LogP contribution in [0.1, 0.15) is 32.5 Å². The van der Waals surface area contributed by atoms with Gasteiger partial charge < -0.3 is 15.0 Å². The van der Waals surface area contributed by atoms with Gasteiger partial charge in [0.15, 0.2) is 0 Å². The van der Waals surface area contributed by atoms with Gasteiger partial charge in [-0.2, -0.15) is 0 Å². The van der Waals surface area contributed by atoms with Gasteiger partial charge in [0.05, 0.1) is 12.8 Å². The van der Waals surface area contributed by atoms with E-state index in [2.05, 4.69) is 25.0 Å². The molecule has 0 aromatic carbocycles. The van der Waals surface area contributed by atoms with Crippen LogP contribution in [0.4, 0.5) is 5.69 Å². The van der Waals surface area contributed by atoms with Crippen LogP contribution in [0.2, 0.25) is 0 Å². The zero-order chi connectivity index (χ0) is 14.7. The highest BCUT2D eigenvalue weighted by atomic mass is 16.5. The Morgan fingerprint density at radius 1 is 1.35 bits per heavy atom. The van der Waals surface area contributed by atoms with Gasteiger partial charge in [-0.25, -0.2) is 14.8 Å². The molecule has 2 heterocycles. The Hall–Kier alpha value is -2.70. The number of nitrogens with zero attached hydrogens (tertiary/aromatic N) is 2. The number of aryl methyl sites for hydroxylation is 2. The number of H-pyrrole nitrogens is 1. The number of esters is 1. The summed E-state index contributed by atoms with van der Waals surface area (Å²) in [4.78, 5) is 34.4. The normalized spacial score (nSPS) is 10.2. The lowest BCUT2D eigenvalue weighted by Crippen LogP contribution is -2.16. The fourth-order valence-corrected chi connectivity index (χ4v) is 1.72. The zero-order valence-corrected chi connectivity index (χ0v) is 11.4. The Bertz CT molecular complexity index is 663. The predicted octanol–water partition coefficient (Wildman–Crippen LogP) is 1.46. The van der Waals surface area contributed by atoms with Crippen LogP contribution in [-0.4, -0.2) is 33.9 Å². The lowest BCUT2D eigenvalue weighted by atomic mass is 10.3. The molecule has 0 saturated heterocycles. The minimum Gasteiger partial charge on any atom is -0.464 e. The molecular weight excluding hydrogens is 260 g/mol. The molecule has 0 aliphatic rings. The van der Waals surface area contributed by atoms with Crippen LogP contribution < -0.4 is 5.32 Å². The lowest BCUT2D eigenvalue weighted by molar-refractivity contribution is 0.0596. The summed E-state index contributed by atoms with van der Waals surface area (Å²) in [6.07, 6.45) is 1.50. The number of hydrogen-bond acceptors (Lipinski definition) is 5. The Labute approximate surface area is 115 Å². The monoisotopic (exact) mass is 274 g/mol. The van der Waals surface area contributed by atoms with Crippen molar-refractivity contribution in [2.75, 3.05) is 12.4 Å². The molecule has 0 spiro atoms. The molecule has 0 unspecified atom stereocenters. The maximum Gasteiger partial charge on any atom is 0.356 e. The molecular formula is C13H14N4O3. The van der Waals surface area contributed by atoms with E-state index in [-0.39, 0.29) is 11.4 Å². The molecule has 2 aromatic rings. The molecule has 2 rings (SSSR count). The van der Waals surface area contributed by atoms with Crippen LogP contribution >= 0.6 is 0 Å². The number of aromatic amines is 1. The Morgan fingerprint density at radius 3 is 2.75 bits per heavy atom. The van der Waals surface area contributed by atoms with Crippen LogP contribution in [0.15, 0.2) is 18.3 Å². The van der Waals surface area contributed by atoms with Crippen molar-refractivity contribution in [2.24, 2.45) is 0 Å². The van der Waals surface area contributed by atoms with Gasteiger partial charge in [-0.3, -0.25) is 4.79 Å². The fourth-order valence-electron chi connectivity index (χ4n) is 1.72. The minimum absolute atomic E-state index is 0.198. The van der Waals surface area contributed by atoms with Crippen molar-refractivity contribution >= 4 is 17.6 Å². The van der Waals surface area contributed by atoms with Gasteiger partial charge >= 0.3 is 5.97 Å². The first-order valence-electron chi connectivity index (χ1n) is 5.90. The minimum atomic E-state index is -0.549. The molecule has 7 nitrogen and oxygen atoms in total. The number of carbonyl (C=O) groups is 2. The summed E-state index contributed by atoms with van der Waals surface area (Å²) in [6, 6.07) is 3.15. The summed E-state index contributed by atoms with van der Waals surface area (Å²) >= 11 is 0. The van der Waals surface area contributed by atoms with Crippen molar-refractivity contribution in [3.05, 3.63) is 41.2 Å². The van der Waals surface area contributed by atoms with E-state index in [1.807, 2.05) is 0 Å². The number of ether oxygens (including phenoxy) is 1. The molecule has 1 amide bonds. The SMILES string of the molecule is COC(=O)c1[nH]c(C)cc1NC(=O)c1ccnc(C)n1. The van der Waals surface area contributed by atoms with E-state index in [1.54, 1.807) is 19.9 Å². The quantitative estimate of drug-likeness (QED) is 0.826. The number of hydrogen-bond donors (Lipinski definition) is 2. The number of methoxy groups -OCH3 is 1. The average Bonchev–Trinajstić information content (AvgIpc) is 2.78. The molecule has 0 aliphatic heterocycles. The van der Waals surface area contributed by atoms with Crippen LogP contribution in [-0.2, 0) is 4.74 Å². The Balaban J connectivity index is 2.26. The first-order chi connectivity index (χ1) is 9.51. The molecule has 0 bridgehead atoms. The van der Waals surface area contributed by atoms with Crippen molar-refractivity contribution in [1.82, 2.24) is 15.0 Å². The summed E-state index contributed by atoms with van der Waals surface area (Å²) in [7, 11) is 1.28. The second-order valence-corrected chi connectivity index (χ2v) is 4.18. The van der Waals surface area contributed by atoms with Crippen LogP contribution in [0.25, 0.3) is 0 Å². The van der Waals surface area contributed by atoms with Crippen molar-refractivity contribution in [1.29, 1.82) is 0 Å². The van der Waals surface area contributed by atoms with Gasteiger partial charge in [0.1, 0.15) is 17.2 Å².